The number of aromatic nitrogens is 2. The van der Waals surface area contributed by atoms with Crippen LogP contribution in [0.3, 0.4) is 0 Å². The molecule has 0 saturated heterocycles. The van der Waals surface area contributed by atoms with Crippen molar-refractivity contribution in [1.29, 1.82) is 0 Å². The van der Waals surface area contributed by atoms with Crippen LogP contribution in [-0.2, 0) is 19.5 Å². The Morgan fingerprint density at radius 2 is 2.20 bits per heavy atom. The van der Waals surface area contributed by atoms with Crippen LogP contribution in [-0.4, -0.2) is 28.0 Å². The summed E-state index contributed by atoms with van der Waals surface area (Å²) in [6, 6.07) is 7.28. The van der Waals surface area contributed by atoms with Gasteiger partial charge < -0.3 is 10.3 Å². The number of aryl methyl sites for hydroxylation is 1. The van der Waals surface area contributed by atoms with Crippen molar-refractivity contribution in [1.82, 2.24) is 15.0 Å². The maximum Gasteiger partial charge on any atom is 0.248 e. The lowest BCUT2D eigenvalue weighted by molar-refractivity contribution is 0.1000. The highest BCUT2D eigenvalue weighted by Crippen LogP contribution is 2.09. The Morgan fingerprint density at radius 1 is 1.40 bits per heavy atom. The molecule has 1 aromatic carbocycles. The fraction of sp³-hybridized carbons (Fsp3) is 0.357. The average Bonchev–Trinajstić information content (AvgIpc) is 2.86. The van der Waals surface area contributed by atoms with Crippen LogP contribution in [0.25, 0.3) is 0 Å². The van der Waals surface area contributed by atoms with Gasteiger partial charge in [0.15, 0.2) is 5.82 Å². The second-order valence-corrected chi connectivity index (χ2v) is 4.69. The molecule has 0 unspecified atom stereocenters. The molecule has 0 saturated carbocycles. The third-order valence-corrected chi connectivity index (χ3v) is 2.90. The van der Waals surface area contributed by atoms with E-state index >= 15 is 0 Å². The molecule has 0 aliphatic carbocycles. The fourth-order valence-electron chi connectivity index (χ4n) is 1.92. The molecule has 0 bridgehead atoms. The molecule has 0 aliphatic heterocycles. The first-order valence-electron chi connectivity index (χ1n) is 6.47. The molecule has 0 aliphatic rings. The first-order chi connectivity index (χ1) is 9.58. The minimum atomic E-state index is -0.418. The van der Waals surface area contributed by atoms with E-state index in [-0.39, 0.29) is 0 Å². The van der Waals surface area contributed by atoms with Crippen LogP contribution in [0.4, 0.5) is 0 Å². The molecule has 0 fully saturated rings. The molecule has 1 amide bonds. The van der Waals surface area contributed by atoms with Gasteiger partial charge in [0.2, 0.25) is 11.8 Å². The van der Waals surface area contributed by atoms with Crippen LogP contribution in [0.1, 0.15) is 34.6 Å². The molecule has 0 spiro atoms. The smallest absolute Gasteiger partial charge is 0.248 e. The van der Waals surface area contributed by atoms with Gasteiger partial charge in [0, 0.05) is 18.5 Å². The molecule has 2 aromatic rings. The fourth-order valence-corrected chi connectivity index (χ4v) is 1.92. The summed E-state index contributed by atoms with van der Waals surface area (Å²) in [6.07, 6.45) is 0.758. The Balaban J connectivity index is 1.98. The summed E-state index contributed by atoms with van der Waals surface area (Å²) < 4.78 is 5.15. The first kappa shape index (κ1) is 14.2. The van der Waals surface area contributed by atoms with E-state index in [1.807, 2.05) is 31.0 Å². The number of nitrogens with two attached hydrogens (primary N) is 1. The molecule has 6 heteroatoms. The summed E-state index contributed by atoms with van der Waals surface area (Å²) in [4.78, 5) is 17.4. The van der Waals surface area contributed by atoms with Crippen LogP contribution in [0.2, 0.25) is 0 Å². The largest absolute Gasteiger partial charge is 0.366 e. The quantitative estimate of drug-likeness (QED) is 0.859. The highest BCUT2D eigenvalue weighted by Gasteiger charge is 2.09. The lowest BCUT2D eigenvalue weighted by Gasteiger charge is -2.14. The van der Waals surface area contributed by atoms with Gasteiger partial charge in [0.1, 0.15) is 0 Å². The molecule has 1 aromatic heterocycles. The lowest BCUT2D eigenvalue weighted by atomic mass is 10.1. The maximum absolute atomic E-state index is 11.1. The van der Waals surface area contributed by atoms with Crippen LogP contribution in [0.5, 0.6) is 0 Å². The van der Waals surface area contributed by atoms with E-state index in [1.54, 1.807) is 12.1 Å². The number of carbonyl (C=O) groups excluding carboxylic acids is 1. The number of carbonyl (C=O) groups is 1. The van der Waals surface area contributed by atoms with Crippen molar-refractivity contribution in [3.05, 3.63) is 47.1 Å². The van der Waals surface area contributed by atoms with Gasteiger partial charge >= 0.3 is 0 Å². The SMILES string of the molecule is CCc1noc(CN(C)Cc2cccc(C(N)=O)c2)n1. The molecule has 0 atom stereocenters. The predicted molar refractivity (Wildman–Crippen MR) is 73.8 cm³/mol. The predicted octanol–water partition coefficient (Wildman–Crippen LogP) is 1.36. The summed E-state index contributed by atoms with van der Waals surface area (Å²) in [5, 5.41) is 3.86. The normalized spacial score (nSPS) is 10.9. The number of hydrogen-bond donors (Lipinski definition) is 1. The van der Waals surface area contributed by atoms with Gasteiger partial charge in [0.05, 0.1) is 6.54 Å². The number of nitrogens with zero attached hydrogens (tertiary/aromatic N) is 3. The van der Waals surface area contributed by atoms with Crippen molar-refractivity contribution < 1.29 is 9.32 Å². The van der Waals surface area contributed by atoms with Gasteiger partial charge in [-0.05, 0) is 24.7 Å². The topological polar surface area (TPSA) is 85.3 Å². The Morgan fingerprint density at radius 3 is 2.85 bits per heavy atom. The Kier molecular flexibility index (Phi) is 4.47. The molecule has 106 valence electrons. The summed E-state index contributed by atoms with van der Waals surface area (Å²) in [6.45, 7) is 3.21. The van der Waals surface area contributed by atoms with Crippen LogP contribution in [0.15, 0.2) is 28.8 Å². The van der Waals surface area contributed by atoms with Crippen LogP contribution < -0.4 is 5.73 Å². The second kappa shape index (κ2) is 6.29. The average molecular weight is 274 g/mol. The van der Waals surface area contributed by atoms with E-state index in [9.17, 15) is 4.79 Å². The van der Waals surface area contributed by atoms with E-state index in [0.29, 0.717) is 30.4 Å². The molecule has 6 nitrogen and oxygen atoms in total. The van der Waals surface area contributed by atoms with E-state index in [1.165, 1.54) is 0 Å². The van der Waals surface area contributed by atoms with Crippen molar-refractivity contribution in [3.8, 4) is 0 Å². The zero-order chi connectivity index (χ0) is 14.5. The highest BCUT2D eigenvalue weighted by atomic mass is 16.5. The number of amides is 1. The molecule has 20 heavy (non-hydrogen) atoms. The summed E-state index contributed by atoms with van der Waals surface area (Å²) >= 11 is 0. The standard InChI is InChI=1S/C14H18N4O2/c1-3-12-16-13(20-17-12)9-18(2)8-10-5-4-6-11(7-10)14(15)19/h4-7H,3,8-9H2,1-2H3,(H2,15,19). The summed E-state index contributed by atoms with van der Waals surface area (Å²) in [5.41, 5.74) is 6.80. The number of hydrogen-bond acceptors (Lipinski definition) is 5. The molecule has 2 rings (SSSR count). The highest BCUT2D eigenvalue weighted by molar-refractivity contribution is 5.92. The van der Waals surface area contributed by atoms with E-state index in [2.05, 4.69) is 10.1 Å². The van der Waals surface area contributed by atoms with E-state index < -0.39 is 5.91 Å². The van der Waals surface area contributed by atoms with Gasteiger partial charge in [-0.25, -0.2) is 0 Å². The molecule has 0 radical (unpaired) electrons. The minimum absolute atomic E-state index is 0.418. The van der Waals surface area contributed by atoms with Crippen molar-refractivity contribution in [2.24, 2.45) is 5.73 Å². The van der Waals surface area contributed by atoms with Crippen molar-refractivity contribution in [2.75, 3.05) is 7.05 Å². The first-order valence-corrected chi connectivity index (χ1v) is 6.47. The van der Waals surface area contributed by atoms with Crippen molar-refractivity contribution in [3.63, 3.8) is 0 Å². The van der Waals surface area contributed by atoms with Gasteiger partial charge in [-0.15, -0.1) is 0 Å². The van der Waals surface area contributed by atoms with Gasteiger partial charge in [-0.3, -0.25) is 9.69 Å². The molecule has 1 heterocycles. The monoisotopic (exact) mass is 274 g/mol. The van der Waals surface area contributed by atoms with E-state index in [4.69, 9.17) is 10.3 Å². The Labute approximate surface area is 117 Å². The second-order valence-electron chi connectivity index (χ2n) is 4.69. The zero-order valence-electron chi connectivity index (χ0n) is 11.7. The zero-order valence-corrected chi connectivity index (χ0v) is 11.7. The van der Waals surface area contributed by atoms with Gasteiger partial charge in [-0.1, -0.05) is 24.2 Å². The number of rotatable bonds is 6. The molecular formula is C14H18N4O2. The van der Waals surface area contributed by atoms with Crippen LogP contribution in [0, 0.1) is 0 Å². The van der Waals surface area contributed by atoms with Crippen LogP contribution >= 0.6 is 0 Å². The number of primary amides is 1. The lowest BCUT2D eigenvalue weighted by Crippen LogP contribution is -2.18. The van der Waals surface area contributed by atoms with Crippen molar-refractivity contribution >= 4 is 5.91 Å². The number of benzene rings is 1. The van der Waals surface area contributed by atoms with Crippen molar-refractivity contribution in [2.45, 2.75) is 26.4 Å². The van der Waals surface area contributed by atoms with E-state index in [0.717, 1.165) is 12.0 Å². The van der Waals surface area contributed by atoms with Gasteiger partial charge in [0.25, 0.3) is 0 Å². The maximum atomic E-state index is 11.1. The minimum Gasteiger partial charge on any atom is -0.366 e. The summed E-state index contributed by atoms with van der Waals surface area (Å²) in [5.74, 6) is 0.888. The Bertz CT molecular complexity index is 594. The Hall–Kier alpha value is -2.21. The molecular weight excluding hydrogens is 256 g/mol. The van der Waals surface area contributed by atoms with Gasteiger partial charge in [-0.2, -0.15) is 4.98 Å². The third kappa shape index (κ3) is 3.64. The molecule has 2 N–H and O–H groups in total. The third-order valence-electron chi connectivity index (χ3n) is 2.90. The summed E-state index contributed by atoms with van der Waals surface area (Å²) in [7, 11) is 1.95.